The fourth-order valence-electron chi connectivity index (χ4n) is 1.14. The van der Waals surface area contributed by atoms with E-state index in [-0.39, 0.29) is 0 Å². The molecule has 2 rings (SSSR count). The highest BCUT2D eigenvalue weighted by molar-refractivity contribution is 5.39. The Hall–Kier alpha value is -1.12. The summed E-state index contributed by atoms with van der Waals surface area (Å²) in [4.78, 5) is 8.18. The highest BCUT2D eigenvalue weighted by atomic mass is 15.1. The Balaban J connectivity index is 2.12. The summed E-state index contributed by atoms with van der Waals surface area (Å²) in [5.41, 5.74) is 1.32. The van der Waals surface area contributed by atoms with Gasteiger partial charge < -0.3 is 5.32 Å². The molecule has 1 N–H and O–H groups in total. The van der Waals surface area contributed by atoms with E-state index in [0.717, 1.165) is 11.5 Å². The first-order chi connectivity index (χ1) is 5.68. The third-order valence-electron chi connectivity index (χ3n) is 2.23. The Morgan fingerprint density at radius 2 is 2.17 bits per heavy atom. The summed E-state index contributed by atoms with van der Waals surface area (Å²) in [7, 11) is 0. The second-order valence-electron chi connectivity index (χ2n) is 3.73. The number of aryl methyl sites for hydroxylation is 1. The van der Waals surface area contributed by atoms with E-state index in [1.165, 1.54) is 12.8 Å². The molecule has 0 spiro atoms. The van der Waals surface area contributed by atoms with Crippen molar-refractivity contribution in [2.24, 2.45) is 0 Å². The van der Waals surface area contributed by atoms with Crippen molar-refractivity contribution in [2.75, 3.05) is 5.32 Å². The first kappa shape index (κ1) is 7.53. The van der Waals surface area contributed by atoms with Gasteiger partial charge in [0.1, 0.15) is 12.1 Å². The molecule has 0 aliphatic heterocycles. The average Bonchev–Trinajstić information content (AvgIpc) is 2.67. The predicted octanol–water partition coefficient (Wildman–Crippen LogP) is 1.75. The van der Waals surface area contributed by atoms with E-state index >= 15 is 0 Å². The molecule has 1 aromatic rings. The molecule has 0 amide bonds. The van der Waals surface area contributed by atoms with Crippen LogP contribution in [0.25, 0.3) is 0 Å². The monoisotopic (exact) mass is 163 g/mol. The lowest BCUT2D eigenvalue weighted by atomic mass is 10.3. The lowest BCUT2D eigenvalue weighted by Crippen LogP contribution is -2.16. The van der Waals surface area contributed by atoms with E-state index in [9.17, 15) is 0 Å². The first-order valence-corrected chi connectivity index (χ1v) is 4.25. The van der Waals surface area contributed by atoms with Gasteiger partial charge in [-0.15, -0.1) is 0 Å². The molecule has 1 heterocycles. The Morgan fingerprint density at radius 1 is 1.42 bits per heavy atom. The highest BCUT2D eigenvalue weighted by Crippen LogP contribution is 2.37. The topological polar surface area (TPSA) is 37.8 Å². The van der Waals surface area contributed by atoms with Crippen LogP contribution in [0, 0.1) is 6.92 Å². The van der Waals surface area contributed by atoms with Gasteiger partial charge in [-0.25, -0.2) is 9.97 Å². The molecule has 3 nitrogen and oxygen atoms in total. The number of nitrogens with one attached hydrogen (secondary N) is 1. The van der Waals surface area contributed by atoms with Crippen LogP contribution >= 0.6 is 0 Å². The highest BCUT2D eigenvalue weighted by Gasteiger charge is 2.37. The van der Waals surface area contributed by atoms with Crippen molar-refractivity contribution < 1.29 is 0 Å². The Morgan fingerprint density at radius 3 is 2.75 bits per heavy atom. The minimum absolute atomic E-state index is 0.306. The molecule has 0 bridgehead atoms. The van der Waals surface area contributed by atoms with Crippen molar-refractivity contribution in [3.8, 4) is 0 Å². The van der Waals surface area contributed by atoms with Gasteiger partial charge in [0, 0.05) is 17.3 Å². The maximum atomic E-state index is 4.14. The van der Waals surface area contributed by atoms with Crippen LogP contribution in [0.5, 0.6) is 0 Å². The van der Waals surface area contributed by atoms with Crippen molar-refractivity contribution in [2.45, 2.75) is 32.2 Å². The number of aromatic nitrogens is 2. The fourth-order valence-corrected chi connectivity index (χ4v) is 1.14. The lowest BCUT2D eigenvalue weighted by Gasteiger charge is -2.11. The fraction of sp³-hybridized carbons (Fsp3) is 0.556. The number of hydrogen-bond donors (Lipinski definition) is 1. The van der Waals surface area contributed by atoms with Crippen molar-refractivity contribution in [3.63, 3.8) is 0 Å². The van der Waals surface area contributed by atoms with Crippen LogP contribution in [0.2, 0.25) is 0 Å². The molecule has 12 heavy (non-hydrogen) atoms. The van der Waals surface area contributed by atoms with Gasteiger partial charge in [-0.1, -0.05) is 0 Å². The second kappa shape index (κ2) is 2.44. The molecule has 1 saturated carbocycles. The molecule has 0 unspecified atom stereocenters. The van der Waals surface area contributed by atoms with E-state index in [2.05, 4.69) is 22.2 Å². The summed E-state index contributed by atoms with van der Waals surface area (Å²) in [5, 5.41) is 3.38. The molecule has 1 aliphatic rings. The van der Waals surface area contributed by atoms with Crippen LogP contribution in [-0.4, -0.2) is 15.5 Å². The minimum atomic E-state index is 0.306. The zero-order valence-electron chi connectivity index (χ0n) is 7.46. The zero-order valence-corrected chi connectivity index (χ0v) is 7.46. The number of nitrogens with zero attached hydrogens (tertiary/aromatic N) is 2. The van der Waals surface area contributed by atoms with Gasteiger partial charge in [0.2, 0.25) is 0 Å². The molecule has 1 aliphatic carbocycles. The number of hydrogen-bond acceptors (Lipinski definition) is 3. The minimum Gasteiger partial charge on any atom is -0.365 e. The summed E-state index contributed by atoms with van der Waals surface area (Å²) < 4.78 is 0. The van der Waals surface area contributed by atoms with E-state index in [1.54, 1.807) is 6.33 Å². The molecule has 64 valence electrons. The standard InChI is InChI=1S/C9H13N3/c1-7-5-8(11-6-10-7)12-9(2)3-4-9/h5-6H,3-4H2,1-2H3,(H,10,11,12). The molecular formula is C9H13N3. The SMILES string of the molecule is Cc1cc(NC2(C)CC2)ncn1. The van der Waals surface area contributed by atoms with Gasteiger partial charge in [-0.2, -0.15) is 0 Å². The van der Waals surface area contributed by atoms with Crippen molar-refractivity contribution in [3.05, 3.63) is 18.1 Å². The van der Waals surface area contributed by atoms with Crippen LogP contribution in [-0.2, 0) is 0 Å². The smallest absolute Gasteiger partial charge is 0.129 e. The average molecular weight is 163 g/mol. The number of anilines is 1. The summed E-state index contributed by atoms with van der Waals surface area (Å²) in [6.07, 6.45) is 4.09. The summed E-state index contributed by atoms with van der Waals surface area (Å²) in [6, 6.07) is 1.98. The second-order valence-corrected chi connectivity index (χ2v) is 3.73. The Labute approximate surface area is 72.2 Å². The maximum Gasteiger partial charge on any atom is 0.129 e. The lowest BCUT2D eigenvalue weighted by molar-refractivity contribution is 0.818. The predicted molar refractivity (Wildman–Crippen MR) is 48.0 cm³/mol. The Kier molecular flexibility index (Phi) is 1.53. The van der Waals surface area contributed by atoms with Gasteiger partial charge in [0.15, 0.2) is 0 Å². The van der Waals surface area contributed by atoms with Crippen LogP contribution in [0.15, 0.2) is 12.4 Å². The number of rotatable bonds is 2. The summed E-state index contributed by atoms with van der Waals surface area (Å²) in [5.74, 6) is 0.947. The molecular weight excluding hydrogens is 150 g/mol. The van der Waals surface area contributed by atoms with Gasteiger partial charge in [-0.05, 0) is 26.7 Å². The van der Waals surface area contributed by atoms with E-state index in [0.29, 0.717) is 5.54 Å². The molecule has 0 saturated heterocycles. The van der Waals surface area contributed by atoms with Crippen LogP contribution in [0.1, 0.15) is 25.5 Å². The van der Waals surface area contributed by atoms with Gasteiger partial charge in [0.25, 0.3) is 0 Å². The third kappa shape index (κ3) is 1.55. The molecule has 3 heteroatoms. The van der Waals surface area contributed by atoms with E-state index in [1.807, 2.05) is 13.0 Å². The maximum absolute atomic E-state index is 4.14. The van der Waals surface area contributed by atoms with Crippen LogP contribution in [0.4, 0.5) is 5.82 Å². The third-order valence-corrected chi connectivity index (χ3v) is 2.23. The van der Waals surface area contributed by atoms with Crippen molar-refractivity contribution in [1.29, 1.82) is 0 Å². The quantitative estimate of drug-likeness (QED) is 0.721. The molecule has 1 fully saturated rings. The van der Waals surface area contributed by atoms with Crippen LogP contribution < -0.4 is 5.32 Å². The first-order valence-electron chi connectivity index (χ1n) is 4.25. The molecule has 0 aromatic carbocycles. The summed E-state index contributed by atoms with van der Waals surface area (Å²) >= 11 is 0. The van der Waals surface area contributed by atoms with Crippen LogP contribution in [0.3, 0.4) is 0 Å². The Bertz CT molecular complexity index is 292. The van der Waals surface area contributed by atoms with Crippen molar-refractivity contribution >= 4 is 5.82 Å². The van der Waals surface area contributed by atoms with Crippen molar-refractivity contribution in [1.82, 2.24) is 9.97 Å². The van der Waals surface area contributed by atoms with Gasteiger partial charge >= 0.3 is 0 Å². The molecule has 0 atom stereocenters. The summed E-state index contributed by atoms with van der Waals surface area (Å²) in [6.45, 7) is 4.19. The largest absolute Gasteiger partial charge is 0.365 e. The molecule has 0 radical (unpaired) electrons. The van der Waals surface area contributed by atoms with Gasteiger partial charge in [-0.3, -0.25) is 0 Å². The zero-order chi connectivity index (χ0) is 8.60. The van der Waals surface area contributed by atoms with E-state index in [4.69, 9.17) is 0 Å². The normalized spacial score (nSPS) is 18.8. The molecule has 1 aromatic heterocycles. The van der Waals surface area contributed by atoms with E-state index < -0.39 is 0 Å². The van der Waals surface area contributed by atoms with Gasteiger partial charge in [0.05, 0.1) is 0 Å².